The van der Waals surface area contributed by atoms with E-state index in [4.69, 9.17) is 5.11 Å². The van der Waals surface area contributed by atoms with Crippen molar-refractivity contribution in [1.82, 2.24) is 10.6 Å². The third-order valence-electron chi connectivity index (χ3n) is 3.03. The van der Waals surface area contributed by atoms with Gasteiger partial charge in [-0.05, 0) is 24.7 Å². The number of amides is 1. The van der Waals surface area contributed by atoms with E-state index in [0.29, 0.717) is 6.54 Å². The lowest BCUT2D eigenvalue weighted by Gasteiger charge is -2.24. The van der Waals surface area contributed by atoms with Gasteiger partial charge in [-0.15, -0.1) is 0 Å². The van der Waals surface area contributed by atoms with E-state index in [2.05, 4.69) is 38.3 Å². The van der Waals surface area contributed by atoms with Crippen LogP contribution in [-0.2, 0) is 4.79 Å². The number of hydrogen-bond donors (Lipinski definition) is 3. The molecule has 4 heteroatoms. The number of aliphatic hydroxyl groups excluding tert-OH is 1. The molecule has 0 unspecified atom stereocenters. The van der Waals surface area contributed by atoms with Crippen LogP contribution in [0.2, 0.25) is 0 Å². The van der Waals surface area contributed by atoms with Gasteiger partial charge in [0, 0.05) is 19.2 Å². The van der Waals surface area contributed by atoms with Gasteiger partial charge in [0.15, 0.2) is 0 Å². The zero-order valence-corrected chi connectivity index (χ0v) is 11.7. The molecule has 0 aromatic carbocycles. The molecule has 0 aromatic rings. The summed E-state index contributed by atoms with van der Waals surface area (Å²) in [4.78, 5) is 11.6. The highest BCUT2D eigenvalue weighted by Crippen LogP contribution is 2.17. The summed E-state index contributed by atoms with van der Waals surface area (Å²) in [5, 5.41) is 15.0. The monoisotopic (exact) mass is 244 g/mol. The second-order valence-corrected chi connectivity index (χ2v) is 5.32. The molecule has 0 bridgehead atoms. The van der Waals surface area contributed by atoms with E-state index in [9.17, 15) is 4.79 Å². The molecule has 17 heavy (non-hydrogen) atoms. The quantitative estimate of drug-likeness (QED) is 0.573. The van der Waals surface area contributed by atoms with Crippen LogP contribution in [0.1, 0.15) is 47.0 Å². The second kappa shape index (κ2) is 8.48. The standard InChI is InChI=1S/C13H28N2O2/c1-5-11(6-2)15-12(17)9-14-10-13(3,4)7-8-16/h11,14,16H,5-10H2,1-4H3,(H,15,17). The van der Waals surface area contributed by atoms with Crippen molar-refractivity contribution >= 4 is 5.91 Å². The van der Waals surface area contributed by atoms with Crippen molar-refractivity contribution < 1.29 is 9.90 Å². The lowest BCUT2D eigenvalue weighted by atomic mass is 9.90. The molecule has 0 aliphatic rings. The van der Waals surface area contributed by atoms with Crippen LogP contribution in [0.5, 0.6) is 0 Å². The van der Waals surface area contributed by atoms with Gasteiger partial charge in [0.1, 0.15) is 0 Å². The molecular weight excluding hydrogens is 216 g/mol. The summed E-state index contributed by atoms with van der Waals surface area (Å²) in [6.45, 7) is 9.59. The minimum absolute atomic E-state index is 0.0317. The van der Waals surface area contributed by atoms with E-state index in [1.54, 1.807) is 0 Å². The fraction of sp³-hybridized carbons (Fsp3) is 0.923. The summed E-state index contributed by atoms with van der Waals surface area (Å²) < 4.78 is 0. The van der Waals surface area contributed by atoms with Crippen LogP contribution >= 0.6 is 0 Å². The number of carbonyl (C=O) groups is 1. The minimum Gasteiger partial charge on any atom is -0.396 e. The maximum Gasteiger partial charge on any atom is 0.234 e. The van der Waals surface area contributed by atoms with E-state index in [0.717, 1.165) is 25.8 Å². The van der Waals surface area contributed by atoms with Gasteiger partial charge < -0.3 is 15.7 Å². The van der Waals surface area contributed by atoms with Crippen LogP contribution in [0, 0.1) is 5.41 Å². The molecule has 0 spiro atoms. The van der Waals surface area contributed by atoms with Gasteiger partial charge in [-0.3, -0.25) is 4.79 Å². The smallest absolute Gasteiger partial charge is 0.234 e. The van der Waals surface area contributed by atoms with E-state index in [1.165, 1.54) is 0 Å². The SMILES string of the molecule is CCC(CC)NC(=O)CNCC(C)(C)CCO. The van der Waals surface area contributed by atoms with Crippen molar-refractivity contribution in [1.29, 1.82) is 0 Å². The van der Waals surface area contributed by atoms with E-state index in [1.807, 2.05) is 0 Å². The van der Waals surface area contributed by atoms with Crippen molar-refractivity contribution in [3.63, 3.8) is 0 Å². The highest BCUT2D eigenvalue weighted by molar-refractivity contribution is 5.78. The van der Waals surface area contributed by atoms with E-state index < -0.39 is 0 Å². The highest BCUT2D eigenvalue weighted by atomic mass is 16.3. The summed E-state index contributed by atoms with van der Waals surface area (Å²) in [5.74, 6) is 0.0542. The first-order valence-electron chi connectivity index (χ1n) is 6.56. The van der Waals surface area contributed by atoms with Crippen molar-refractivity contribution in [2.24, 2.45) is 5.41 Å². The average Bonchev–Trinajstić information content (AvgIpc) is 2.25. The Kier molecular flexibility index (Phi) is 8.17. The largest absolute Gasteiger partial charge is 0.396 e. The van der Waals surface area contributed by atoms with Gasteiger partial charge in [-0.2, -0.15) is 0 Å². The molecule has 0 radical (unpaired) electrons. The topological polar surface area (TPSA) is 61.4 Å². The fourth-order valence-electron chi connectivity index (χ4n) is 1.68. The van der Waals surface area contributed by atoms with Gasteiger partial charge in [0.05, 0.1) is 6.54 Å². The molecule has 0 saturated heterocycles. The summed E-state index contributed by atoms with van der Waals surface area (Å²) in [6, 6.07) is 0.287. The molecular formula is C13H28N2O2. The van der Waals surface area contributed by atoms with Gasteiger partial charge in [0.2, 0.25) is 5.91 Å². The summed E-state index contributed by atoms with van der Waals surface area (Å²) in [5.41, 5.74) is 0.0317. The first-order valence-corrected chi connectivity index (χ1v) is 6.56. The van der Waals surface area contributed by atoms with Crippen LogP contribution in [0.15, 0.2) is 0 Å². The van der Waals surface area contributed by atoms with Crippen LogP contribution < -0.4 is 10.6 Å². The first-order chi connectivity index (χ1) is 7.95. The van der Waals surface area contributed by atoms with Crippen LogP contribution in [0.4, 0.5) is 0 Å². The molecule has 102 valence electrons. The predicted molar refractivity (Wildman–Crippen MR) is 70.9 cm³/mol. The van der Waals surface area contributed by atoms with Gasteiger partial charge >= 0.3 is 0 Å². The summed E-state index contributed by atoms with van der Waals surface area (Å²) >= 11 is 0. The van der Waals surface area contributed by atoms with Crippen molar-refractivity contribution in [2.75, 3.05) is 19.7 Å². The number of nitrogens with one attached hydrogen (secondary N) is 2. The maximum absolute atomic E-state index is 11.6. The Bertz CT molecular complexity index is 213. The third-order valence-corrected chi connectivity index (χ3v) is 3.03. The van der Waals surface area contributed by atoms with Crippen molar-refractivity contribution in [3.05, 3.63) is 0 Å². The number of carbonyl (C=O) groups excluding carboxylic acids is 1. The molecule has 0 aromatic heterocycles. The third kappa shape index (κ3) is 8.16. The maximum atomic E-state index is 11.6. The van der Waals surface area contributed by atoms with Crippen molar-refractivity contribution in [2.45, 2.75) is 53.0 Å². The van der Waals surface area contributed by atoms with Crippen molar-refractivity contribution in [3.8, 4) is 0 Å². The molecule has 0 saturated carbocycles. The lowest BCUT2D eigenvalue weighted by Crippen LogP contribution is -2.42. The van der Waals surface area contributed by atoms with E-state index in [-0.39, 0.29) is 24.0 Å². The summed E-state index contributed by atoms with van der Waals surface area (Å²) in [6.07, 6.45) is 2.69. The average molecular weight is 244 g/mol. The van der Waals surface area contributed by atoms with Gasteiger partial charge in [-0.25, -0.2) is 0 Å². The Morgan fingerprint density at radius 1 is 1.29 bits per heavy atom. The molecule has 3 N–H and O–H groups in total. The predicted octanol–water partition coefficient (Wildman–Crippen LogP) is 1.29. The minimum atomic E-state index is 0.0317. The molecule has 1 amide bonds. The molecule has 0 heterocycles. The molecule has 0 aliphatic carbocycles. The fourth-order valence-corrected chi connectivity index (χ4v) is 1.68. The zero-order chi connectivity index (χ0) is 13.3. The Morgan fingerprint density at radius 2 is 1.88 bits per heavy atom. The molecule has 0 aliphatic heterocycles. The number of aliphatic hydroxyl groups is 1. The highest BCUT2D eigenvalue weighted by Gasteiger charge is 2.17. The normalized spacial score (nSPS) is 11.9. The Labute approximate surface area is 105 Å². The van der Waals surface area contributed by atoms with Crippen LogP contribution in [-0.4, -0.2) is 36.8 Å². The number of hydrogen-bond acceptors (Lipinski definition) is 3. The zero-order valence-electron chi connectivity index (χ0n) is 11.7. The lowest BCUT2D eigenvalue weighted by molar-refractivity contribution is -0.121. The Morgan fingerprint density at radius 3 is 2.35 bits per heavy atom. The molecule has 0 rings (SSSR count). The van der Waals surface area contributed by atoms with Crippen LogP contribution in [0.25, 0.3) is 0 Å². The van der Waals surface area contributed by atoms with E-state index >= 15 is 0 Å². The second-order valence-electron chi connectivity index (χ2n) is 5.32. The first kappa shape index (κ1) is 16.4. The number of rotatable bonds is 9. The molecule has 4 nitrogen and oxygen atoms in total. The molecule has 0 fully saturated rings. The Balaban J connectivity index is 3.77. The Hall–Kier alpha value is -0.610. The molecule has 0 atom stereocenters. The van der Waals surface area contributed by atoms with Gasteiger partial charge in [-0.1, -0.05) is 27.7 Å². The summed E-state index contributed by atoms with van der Waals surface area (Å²) in [7, 11) is 0. The van der Waals surface area contributed by atoms with Crippen LogP contribution in [0.3, 0.4) is 0 Å². The van der Waals surface area contributed by atoms with Gasteiger partial charge in [0.25, 0.3) is 0 Å².